The van der Waals surface area contributed by atoms with Gasteiger partial charge >= 0.3 is 6.41 Å². The van der Waals surface area contributed by atoms with Crippen molar-refractivity contribution in [1.82, 2.24) is 15.1 Å². The third-order valence-corrected chi connectivity index (χ3v) is 2.67. The van der Waals surface area contributed by atoms with E-state index in [9.17, 15) is 9.59 Å². The van der Waals surface area contributed by atoms with E-state index in [1.54, 1.807) is 13.3 Å². The van der Waals surface area contributed by atoms with E-state index in [4.69, 9.17) is 0 Å². The van der Waals surface area contributed by atoms with E-state index in [0.717, 1.165) is 39.1 Å². The molecule has 1 aliphatic heterocycles. The molecule has 0 spiro atoms. The van der Waals surface area contributed by atoms with E-state index < -0.39 is 0 Å². The molecule has 1 heterocycles. The fraction of sp³-hybridized carbons (Fsp3) is 0.800. The summed E-state index contributed by atoms with van der Waals surface area (Å²) in [5.41, 5.74) is 0. The summed E-state index contributed by atoms with van der Waals surface area (Å²) in [7, 11) is 0. The number of rotatable bonds is 5. The first-order chi connectivity index (χ1) is 7.24. The van der Waals surface area contributed by atoms with E-state index in [2.05, 4.69) is 10.2 Å². The molecule has 1 N–H and O–H groups in total. The molecule has 1 rings (SSSR count). The van der Waals surface area contributed by atoms with Crippen LogP contribution >= 0.6 is 0 Å². The highest BCUT2D eigenvalue weighted by Gasteiger charge is 2.17. The minimum absolute atomic E-state index is 0.159. The highest BCUT2D eigenvalue weighted by Crippen LogP contribution is 2.02. The average Bonchev–Trinajstić information content (AvgIpc) is 2.25. The van der Waals surface area contributed by atoms with E-state index in [0.29, 0.717) is 6.54 Å². The van der Waals surface area contributed by atoms with Crippen LogP contribution in [0.1, 0.15) is 13.3 Å². The summed E-state index contributed by atoms with van der Waals surface area (Å²) in [5, 5.41) is 2.52. The van der Waals surface area contributed by atoms with Crippen LogP contribution in [0.15, 0.2) is 0 Å². The van der Waals surface area contributed by atoms with Gasteiger partial charge in [0.1, 0.15) is 0 Å². The fourth-order valence-corrected chi connectivity index (χ4v) is 1.73. The van der Waals surface area contributed by atoms with Crippen molar-refractivity contribution >= 4 is 12.3 Å². The van der Waals surface area contributed by atoms with Gasteiger partial charge in [0.05, 0.1) is 0 Å². The SMILES string of the molecule is CC(=O)N1CCN(CCCN[C]=O)CC1. The Labute approximate surface area is 90.4 Å². The number of carbonyl (C=O) groups excluding carboxylic acids is 2. The lowest BCUT2D eigenvalue weighted by molar-refractivity contribution is -0.130. The van der Waals surface area contributed by atoms with Gasteiger partial charge in [0.25, 0.3) is 0 Å². The average molecular weight is 212 g/mol. The number of carbonyl (C=O) groups is 1. The molecule has 0 aromatic rings. The van der Waals surface area contributed by atoms with Gasteiger partial charge in [-0.2, -0.15) is 0 Å². The lowest BCUT2D eigenvalue weighted by Crippen LogP contribution is -2.48. The van der Waals surface area contributed by atoms with Crippen LogP contribution in [0.4, 0.5) is 0 Å². The van der Waals surface area contributed by atoms with Crippen molar-refractivity contribution in [3.8, 4) is 0 Å². The number of hydrogen-bond donors (Lipinski definition) is 1. The zero-order valence-corrected chi connectivity index (χ0v) is 9.16. The van der Waals surface area contributed by atoms with E-state index in [1.807, 2.05) is 4.90 Å². The van der Waals surface area contributed by atoms with E-state index >= 15 is 0 Å². The summed E-state index contributed by atoms with van der Waals surface area (Å²) in [4.78, 5) is 25.1. The zero-order chi connectivity index (χ0) is 11.1. The van der Waals surface area contributed by atoms with E-state index in [1.165, 1.54) is 0 Å². The second-order valence-corrected chi connectivity index (χ2v) is 3.73. The third-order valence-electron chi connectivity index (χ3n) is 2.67. The Hall–Kier alpha value is -1.10. The summed E-state index contributed by atoms with van der Waals surface area (Å²) >= 11 is 0. The van der Waals surface area contributed by atoms with Crippen molar-refractivity contribution in [3.05, 3.63) is 0 Å². The molecule has 1 radical (unpaired) electrons. The molecule has 1 saturated heterocycles. The molecule has 5 heteroatoms. The van der Waals surface area contributed by atoms with Gasteiger partial charge in [-0.25, -0.2) is 0 Å². The van der Waals surface area contributed by atoms with Crippen LogP contribution in [0.5, 0.6) is 0 Å². The fourth-order valence-electron chi connectivity index (χ4n) is 1.73. The third kappa shape index (κ3) is 4.29. The predicted molar refractivity (Wildman–Crippen MR) is 57.0 cm³/mol. The maximum absolute atomic E-state index is 11.1. The summed E-state index contributed by atoms with van der Waals surface area (Å²) < 4.78 is 0. The van der Waals surface area contributed by atoms with Crippen LogP contribution in [-0.4, -0.2) is 61.4 Å². The van der Waals surface area contributed by atoms with Gasteiger partial charge in [-0.15, -0.1) is 0 Å². The first-order valence-electron chi connectivity index (χ1n) is 5.32. The molecule has 5 nitrogen and oxygen atoms in total. The van der Waals surface area contributed by atoms with Gasteiger partial charge in [-0.05, 0) is 13.0 Å². The molecule has 0 saturated carbocycles. The minimum Gasteiger partial charge on any atom is -0.348 e. The first-order valence-corrected chi connectivity index (χ1v) is 5.32. The lowest BCUT2D eigenvalue weighted by Gasteiger charge is -2.34. The Bertz CT molecular complexity index is 213. The lowest BCUT2D eigenvalue weighted by atomic mass is 10.3. The molecule has 1 aliphatic rings. The number of nitrogens with zero attached hydrogens (tertiary/aromatic N) is 2. The molecule has 2 amide bonds. The topological polar surface area (TPSA) is 52.7 Å². The number of piperazine rings is 1. The summed E-state index contributed by atoms with van der Waals surface area (Å²) in [6.45, 7) is 6.77. The minimum atomic E-state index is 0.159. The van der Waals surface area contributed by atoms with Crippen LogP contribution < -0.4 is 5.32 Å². The molecule has 0 aromatic heterocycles. The Balaban J connectivity index is 2.09. The Morgan fingerprint density at radius 2 is 2.00 bits per heavy atom. The standard InChI is InChI=1S/C10H18N3O2/c1-10(15)13-7-5-12(6-8-13)4-2-3-11-9-14/h2-8H2,1H3,(H,11,14). The monoisotopic (exact) mass is 212 g/mol. The smallest absolute Gasteiger partial charge is 0.309 e. The van der Waals surface area contributed by atoms with Gasteiger partial charge in [0.2, 0.25) is 5.91 Å². The van der Waals surface area contributed by atoms with Crippen LogP contribution in [0, 0.1) is 0 Å². The maximum atomic E-state index is 11.1. The Morgan fingerprint density at radius 1 is 1.33 bits per heavy atom. The van der Waals surface area contributed by atoms with Crippen molar-refractivity contribution in [3.63, 3.8) is 0 Å². The highest BCUT2D eigenvalue weighted by molar-refractivity contribution is 5.73. The predicted octanol–water partition coefficient (Wildman–Crippen LogP) is -0.803. The van der Waals surface area contributed by atoms with Crippen molar-refractivity contribution < 1.29 is 9.59 Å². The Kier molecular flexibility index (Phi) is 5.10. The molecule has 0 aromatic carbocycles. The van der Waals surface area contributed by atoms with Crippen molar-refractivity contribution in [2.45, 2.75) is 13.3 Å². The molecule has 1 fully saturated rings. The second-order valence-electron chi connectivity index (χ2n) is 3.73. The van der Waals surface area contributed by atoms with Crippen LogP contribution in [-0.2, 0) is 9.59 Å². The molecular weight excluding hydrogens is 194 g/mol. The van der Waals surface area contributed by atoms with Gasteiger partial charge in [0.15, 0.2) is 0 Å². The molecular formula is C10H18N3O2. The van der Waals surface area contributed by atoms with Crippen LogP contribution in [0.3, 0.4) is 0 Å². The van der Waals surface area contributed by atoms with Crippen molar-refractivity contribution in [2.24, 2.45) is 0 Å². The molecule has 85 valence electrons. The summed E-state index contributed by atoms with van der Waals surface area (Å²) in [5.74, 6) is 0.159. The normalized spacial score (nSPS) is 17.5. The molecule has 0 aliphatic carbocycles. The van der Waals surface area contributed by atoms with Crippen molar-refractivity contribution in [1.29, 1.82) is 0 Å². The van der Waals surface area contributed by atoms with E-state index in [-0.39, 0.29) is 5.91 Å². The molecule has 0 atom stereocenters. The van der Waals surface area contributed by atoms with Crippen molar-refractivity contribution in [2.75, 3.05) is 39.3 Å². The largest absolute Gasteiger partial charge is 0.348 e. The Morgan fingerprint density at radius 3 is 2.53 bits per heavy atom. The van der Waals surface area contributed by atoms with Gasteiger partial charge in [0, 0.05) is 39.6 Å². The van der Waals surface area contributed by atoms with Crippen LogP contribution in [0.2, 0.25) is 0 Å². The zero-order valence-electron chi connectivity index (χ0n) is 9.16. The second kappa shape index (κ2) is 6.40. The number of nitrogens with one attached hydrogen (secondary N) is 1. The summed E-state index contributed by atoms with van der Waals surface area (Å²) in [6.07, 6.45) is 2.60. The van der Waals surface area contributed by atoms with Gasteiger partial charge < -0.3 is 10.2 Å². The first kappa shape index (κ1) is 12.0. The highest BCUT2D eigenvalue weighted by atomic mass is 16.2. The van der Waals surface area contributed by atoms with Gasteiger partial charge in [-0.1, -0.05) is 0 Å². The number of amides is 2. The molecule has 15 heavy (non-hydrogen) atoms. The van der Waals surface area contributed by atoms with Crippen LogP contribution in [0.25, 0.3) is 0 Å². The molecule has 0 bridgehead atoms. The quantitative estimate of drug-likeness (QED) is 0.479. The maximum Gasteiger partial charge on any atom is 0.309 e. The summed E-state index contributed by atoms with van der Waals surface area (Å²) in [6, 6.07) is 0. The number of hydrogen-bond acceptors (Lipinski definition) is 3. The molecule has 0 unspecified atom stereocenters. The van der Waals surface area contributed by atoms with Gasteiger partial charge in [-0.3, -0.25) is 14.5 Å².